The summed E-state index contributed by atoms with van der Waals surface area (Å²) in [6.45, 7) is 8.79. The van der Waals surface area contributed by atoms with Crippen molar-refractivity contribution < 1.29 is 4.74 Å². The number of rotatable bonds is 6. The van der Waals surface area contributed by atoms with E-state index in [0.29, 0.717) is 0 Å². The Kier molecular flexibility index (Phi) is 4.66. The highest BCUT2D eigenvalue weighted by atomic mass is 16.5. The van der Waals surface area contributed by atoms with E-state index in [9.17, 15) is 0 Å². The maximum absolute atomic E-state index is 5.63. The Bertz CT molecular complexity index is 465. The molecule has 0 radical (unpaired) electrons. The van der Waals surface area contributed by atoms with E-state index in [4.69, 9.17) is 4.74 Å². The highest BCUT2D eigenvalue weighted by Crippen LogP contribution is 2.30. The molecule has 21 heavy (non-hydrogen) atoms. The number of likely N-dealkylation sites (N-methyl/N-ethyl adjacent to an activating group) is 1. The Labute approximate surface area is 128 Å². The number of hydrogen-bond acceptors (Lipinski definition) is 4. The molecular weight excluding hydrogens is 262 g/mol. The van der Waals surface area contributed by atoms with Gasteiger partial charge in [0.05, 0.1) is 12.8 Å². The summed E-state index contributed by atoms with van der Waals surface area (Å²) in [5.41, 5.74) is 2.55. The van der Waals surface area contributed by atoms with Gasteiger partial charge in [0.15, 0.2) is 0 Å². The monoisotopic (exact) mass is 289 g/mol. The van der Waals surface area contributed by atoms with Crippen molar-refractivity contribution in [2.24, 2.45) is 0 Å². The molecule has 1 aliphatic heterocycles. The van der Waals surface area contributed by atoms with Crippen LogP contribution >= 0.6 is 0 Å². The van der Waals surface area contributed by atoms with E-state index < -0.39 is 0 Å². The van der Waals surface area contributed by atoms with Gasteiger partial charge in [-0.3, -0.25) is 0 Å². The molecule has 2 aliphatic rings. The van der Waals surface area contributed by atoms with Crippen molar-refractivity contribution in [3.63, 3.8) is 0 Å². The molecule has 2 fully saturated rings. The van der Waals surface area contributed by atoms with Crippen LogP contribution in [0.4, 0.5) is 5.69 Å². The summed E-state index contributed by atoms with van der Waals surface area (Å²) >= 11 is 0. The molecule has 1 aliphatic carbocycles. The minimum Gasteiger partial charge on any atom is -0.495 e. The average molecular weight is 289 g/mol. The van der Waals surface area contributed by atoms with Gasteiger partial charge >= 0.3 is 0 Å². The molecule has 116 valence electrons. The van der Waals surface area contributed by atoms with Crippen LogP contribution in [-0.4, -0.2) is 50.8 Å². The summed E-state index contributed by atoms with van der Waals surface area (Å²) in [5, 5.41) is 3.56. The van der Waals surface area contributed by atoms with Gasteiger partial charge in [0.1, 0.15) is 5.75 Å². The van der Waals surface area contributed by atoms with Gasteiger partial charge in [-0.25, -0.2) is 0 Å². The maximum Gasteiger partial charge on any atom is 0.142 e. The zero-order chi connectivity index (χ0) is 14.7. The zero-order valence-electron chi connectivity index (χ0n) is 13.3. The number of nitrogens with one attached hydrogen (secondary N) is 1. The first-order valence-electron chi connectivity index (χ1n) is 8.17. The van der Waals surface area contributed by atoms with Crippen LogP contribution in [0.25, 0.3) is 0 Å². The van der Waals surface area contributed by atoms with Gasteiger partial charge in [0.25, 0.3) is 0 Å². The van der Waals surface area contributed by atoms with Crippen molar-refractivity contribution >= 4 is 5.69 Å². The van der Waals surface area contributed by atoms with Gasteiger partial charge in [-0.1, -0.05) is 13.0 Å². The molecule has 0 amide bonds. The smallest absolute Gasteiger partial charge is 0.142 e. The van der Waals surface area contributed by atoms with Crippen molar-refractivity contribution in [2.45, 2.75) is 32.4 Å². The SMILES string of the molecule is CCN1CCN(c2ccc(CNC3CC3)cc2OC)CC1. The number of hydrogen-bond donors (Lipinski definition) is 1. The third-order valence-corrected chi connectivity index (χ3v) is 4.58. The van der Waals surface area contributed by atoms with Gasteiger partial charge in [0, 0.05) is 38.8 Å². The minimum atomic E-state index is 0.748. The van der Waals surface area contributed by atoms with E-state index >= 15 is 0 Å². The molecule has 0 aromatic heterocycles. The number of ether oxygens (including phenoxy) is 1. The van der Waals surface area contributed by atoms with Crippen LogP contribution in [-0.2, 0) is 6.54 Å². The molecule has 1 saturated carbocycles. The normalized spacial score (nSPS) is 19.8. The van der Waals surface area contributed by atoms with Crippen molar-refractivity contribution in [1.29, 1.82) is 0 Å². The second kappa shape index (κ2) is 6.67. The predicted molar refractivity (Wildman–Crippen MR) is 87.2 cm³/mol. The molecule has 1 aromatic carbocycles. The first-order valence-corrected chi connectivity index (χ1v) is 8.17. The lowest BCUT2D eigenvalue weighted by Crippen LogP contribution is -2.46. The van der Waals surface area contributed by atoms with Crippen molar-refractivity contribution in [1.82, 2.24) is 10.2 Å². The largest absolute Gasteiger partial charge is 0.495 e. The number of methoxy groups -OCH3 is 1. The number of piperazine rings is 1. The standard InChI is InChI=1S/C17H27N3O/c1-3-19-8-10-20(11-9-19)16-7-4-14(12-17(16)21-2)13-18-15-5-6-15/h4,7,12,15,18H,3,5-6,8-11,13H2,1-2H3. The van der Waals surface area contributed by atoms with Gasteiger partial charge < -0.3 is 19.9 Å². The quantitative estimate of drug-likeness (QED) is 0.868. The lowest BCUT2D eigenvalue weighted by molar-refractivity contribution is 0.270. The van der Waals surface area contributed by atoms with Crippen LogP contribution in [0.3, 0.4) is 0 Å². The fourth-order valence-electron chi connectivity index (χ4n) is 2.95. The van der Waals surface area contributed by atoms with E-state index in [-0.39, 0.29) is 0 Å². The van der Waals surface area contributed by atoms with Gasteiger partial charge in [-0.2, -0.15) is 0 Å². The summed E-state index contributed by atoms with van der Waals surface area (Å²) in [5.74, 6) is 1.01. The molecule has 0 bridgehead atoms. The predicted octanol–water partition coefficient (Wildman–Crippen LogP) is 2.09. The number of benzene rings is 1. The Morgan fingerprint density at radius 1 is 1.19 bits per heavy atom. The molecule has 4 heteroatoms. The lowest BCUT2D eigenvalue weighted by Gasteiger charge is -2.36. The van der Waals surface area contributed by atoms with Crippen LogP contribution in [0, 0.1) is 0 Å². The number of anilines is 1. The van der Waals surface area contributed by atoms with Crippen LogP contribution < -0.4 is 15.0 Å². The Morgan fingerprint density at radius 2 is 1.95 bits per heavy atom. The summed E-state index contributed by atoms with van der Waals surface area (Å²) in [7, 11) is 1.78. The molecule has 0 spiro atoms. The third-order valence-electron chi connectivity index (χ3n) is 4.58. The first kappa shape index (κ1) is 14.7. The fraction of sp³-hybridized carbons (Fsp3) is 0.647. The van der Waals surface area contributed by atoms with Gasteiger partial charge in [-0.15, -0.1) is 0 Å². The first-order chi connectivity index (χ1) is 10.3. The van der Waals surface area contributed by atoms with Crippen molar-refractivity contribution in [3.8, 4) is 5.75 Å². The van der Waals surface area contributed by atoms with Crippen LogP contribution in [0.2, 0.25) is 0 Å². The summed E-state index contributed by atoms with van der Waals surface area (Å²) in [6, 6.07) is 7.40. The summed E-state index contributed by atoms with van der Waals surface area (Å²) < 4.78 is 5.63. The molecule has 0 atom stereocenters. The second-order valence-electron chi connectivity index (χ2n) is 6.08. The van der Waals surface area contributed by atoms with E-state index in [1.165, 1.54) is 24.1 Å². The number of nitrogens with zero attached hydrogens (tertiary/aromatic N) is 2. The third kappa shape index (κ3) is 3.69. The fourth-order valence-corrected chi connectivity index (χ4v) is 2.95. The summed E-state index contributed by atoms with van der Waals surface area (Å²) in [4.78, 5) is 4.94. The van der Waals surface area contributed by atoms with Gasteiger partial charge in [-0.05, 0) is 37.1 Å². The zero-order valence-corrected chi connectivity index (χ0v) is 13.3. The molecule has 1 saturated heterocycles. The van der Waals surface area contributed by atoms with Gasteiger partial charge in [0.2, 0.25) is 0 Å². The summed E-state index contributed by atoms with van der Waals surface area (Å²) in [6.07, 6.45) is 2.66. The molecule has 3 rings (SSSR count). The Balaban J connectivity index is 1.66. The van der Waals surface area contributed by atoms with Crippen molar-refractivity contribution in [2.75, 3.05) is 44.7 Å². The minimum absolute atomic E-state index is 0.748. The Morgan fingerprint density at radius 3 is 2.57 bits per heavy atom. The molecule has 0 unspecified atom stereocenters. The maximum atomic E-state index is 5.63. The highest BCUT2D eigenvalue weighted by molar-refractivity contribution is 5.60. The highest BCUT2D eigenvalue weighted by Gasteiger charge is 2.21. The average Bonchev–Trinajstić information content (AvgIpc) is 3.37. The van der Waals surface area contributed by atoms with E-state index in [1.54, 1.807) is 7.11 Å². The molecule has 1 aromatic rings. The topological polar surface area (TPSA) is 27.7 Å². The molecule has 1 heterocycles. The molecule has 4 nitrogen and oxygen atoms in total. The van der Waals surface area contributed by atoms with Crippen LogP contribution in [0.5, 0.6) is 5.75 Å². The van der Waals surface area contributed by atoms with E-state index in [2.05, 4.69) is 40.2 Å². The molecular formula is C17H27N3O. The van der Waals surface area contributed by atoms with E-state index in [0.717, 1.165) is 51.1 Å². The van der Waals surface area contributed by atoms with Crippen molar-refractivity contribution in [3.05, 3.63) is 23.8 Å². The lowest BCUT2D eigenvalue weighted by atomic mass is 10.1. The second-order valence-corrected chi connectivity index (χ2v) is 6.08. The van der Waals surface area contributed by atoms with E-state index in [1.807, 2.05) is 0 Å². The molecule has 1 N–H and O–H groups in total. The van der Waals surface area contributed by atoms with Crippen LogP contribution in [0.1, 0.15) is 25.3 Å². The Hall–Kier alpha value is -1.26. The van der Waals surface area contributed by atoms with Crippen LogP contribution in [0.15, 0.2) is 18.2 Å².